The Morgan fingerprint density at radius 1 is 1.04 bits per heavy atom. The Hall–Kier alpha value is -3.08. The Labute approximate surface area is 153 Å². The highest BCUT2D eigenvalue weighted by atomic mass is 16.5. The van der Waals surface area contributed by atoms with Crippen LogP contribution in [0.5, 0.6) is 5.75 Å². The summed E-state index contributed by atoms with van der Waals surface area (Å²) in [6.07, 6.45) is 1.78. The van der Waals surface area contributed by atoms with Crippen LogP contribution < -0.4 is 10.1 Å². The molecule has 3 rings (SSSR count). The largest absolute Gasteiger partial charge is 0.491 e. The van der Waals surface area contributed by atoms with Gasteiger partial charge in [-0.15, -0.1) is 0 Å². The predicted octanol–water partition coefficient (Wildman–Crippen LogP) is 3.88. The van der Waals surface area contributed by atoms with E-state index in [-0.39, 0.29) is 24.3 Å². The number of hydrogen-bond donors (Lipinski definition) is 1. The second-order valence-electron chi connectivity index (χ2n) is 6.60. The summed E-state index contributed by atoms with van der Waals surface area (Å²) >= 11 is 0. The third-order valence-corrected chi connectivity index (χ3v) is 3.99. The molecule has 5 heteroatoms. The van der Waals surface area contributed by atoms with Crippen molar-refractivity contribution in [1.82, 2.24) is 10.2 Å². The molecule has 0 atom stereocenters. The molecule has 5 nitrogen and oxygen atoms in total. The van der Waals surface area contributed by atoms with E-state index in [1.165, 1.54) is 4.90 Å². The SMILES string of the molecule is Cc1ccc(CN2C(=O)N/C(=C\c3ccc(OC(C)C)cc3)C2=O)cc1. The number of benzene rings is 2. The molecule has 1 heterocycles. The molecular formula is C21H22N2O3. The molecule has 0 radical (unpaired) electrons. The van der Waals surface area contributed by atoms with Gasteiger partial charge in [0.15, 0.2) is 0 Å². The average molecular weight is 350 g/mol. The summed E-state index contributed by atoms with van der Waals surface area (Å²) in [5, 5.41) is 2.65. The highest BCUT2D eigenvalue weighted by Gasteiger charge is 2.33. The fourth-order valence-corrected chi connectivity index (χ4v) is 2.67. The van der Waals surface area contributed by atoms with Crippen LogP contribution in [0.4, 0.5) is 4.79 Å². The monoisotopic (exact) mass is 350 g/mol. The van der Waals surface area contributed by atoms with Crippen LogP contribution in [0.3, 0.4) is 0 Å². The molecule has 134 valence electrons. The fourth-order valence-electron chi connectivity index (χ4n) is 2.67. The molecule has 1 saturated heterocycles. The smallest absolute Gasteiger partial charge is 0.329 e. The number of nitrogens with one attached hydrogen (secondary N) is 1. The van der Waals surface area contributed by atoms with Crippen molar-refractivity contribution < 1.29 is 14.3 Å². The standard InChI is InChI=1S/C21H22N2O3/c1-14(2)26-18-10-8-16(9-11-18)12-19-20(24)23(21(25)22-19)13-17-6-4-15(3)5-7-17/h4-12,14H,13H2,1-3H3,(H,22,25)/b19-12-. The van der Waals surface area contributed by atoms with Gasteiger partial charge in [0.05, 0.1) is 12.6 Å². The molecular weight excluding hydrogens is 328 g/mol. The lowest BCUT2D eigenvalue weighted by Crippen LogP contribution is -2.30. The van der Waals surface area contributed by atoms with Gasteiger partial charge in [-0.3, -0.25) is 9.69 Å². The number of ether oxygens (including phenoxy) is 1. The van der Waals surface area contributed by atoms with Gasteiger partial charge in [-0.25, -0.2) is 4.79 Å². The molecule has 0 bridgehead atoms. The molecule has 0 unspecified atom stereocenters. The van der Waals surface area contributed by atoms with Gasteiger partial charge in [0.25, 0.3) is 5.91 Å². The van der Waals surface area contributed by atoms with E-state index < -0.39 is 6.03 Å². The zero-order valence-corrected chi connectivity index (χ0v) is 15.2. The van der Waals surface area contributed by atoms with Crippen molar-refractivity contribution in [3.05, 3.63) is 70.9 Å². The zero-order valence-electron chi connectivity index (χ0n) is 15.2. The summed E-state index contributed by atoms with van der Waals surface area (Å²) in [6, 6.07) is 14.8. The van der Waals surface area contributed by atoms with Crippen LogP contribution >= 0.6 is 0 Å². The Morgan fingerprint density at radius 2 is 1.69 bits per heavy atom. The van der Waals surface area contributed by atoms with Crippen molar-refractivity contribution in [2.45, 2.75) is 33.4 Å². The summed E-state index contributed by atoms with van der Waals surface area (Å²) in [5.74, 6) is 0.447. The molecule has 1 aliphatic rings. The molecule has 2 aromatic carbocycles. The van der Waals surface area contributed by atoms with Crippen molar-refractivity contribution in [3.63, 3.8) is 0 Å². The second kappa shape index (κ2) is 7.44. The summed E-state index contributed by atoms with van der Waals surface area (Å²) in [7, 11) is 0. The second-order valence-corrected chi connectivity index (χ2v) is 6.60. The third-order valence-electron chi connectivity index (χ3n) is 3.99. The molecule has 0 aliphatic carbocycles. The first-order valence-corrected chi connectivity index (χ1v) is 8.59. The van der Waals surface area contributed by atoms with Crippen LogP contribution in [-0.4, -0.2) is 22.9 Å². The quantitative estimate of drug-likeness (QED) is 0.658. The van der Waals surface area contributed by atoms with Crippen LogP contribution in [0.2, 0.25) is 0 Å². The Bertz CT molecular complexity index is 837. The lowest BCUT2D eigenvalue weighted by molar-refractivity contribution is -0.123. The van der Waals surface area contributed by atoms with Crippen LogP contribution in [0.25, 0.3) is 6.08 Å². The molecule has 1 fully saturated rings. The summed E-state index contributed by atoms with van der Waals surface area (Å²) in [5.41, 5.74) is 3.15. The van der Waals surface area contributed by atoms with Gasteiger partial charge in [-0.05, 0) is 50.1 Å². The van der Waals surface area contributed by atoms with E-state index in [2.05, 4.69) is 5.32 Å². The van der Waals surface area contributed by atoms with Crippen molar-refractivity contribution in [1.29, 1.82) is 0 Å². The number of carbonyl (C=O) groups is 2. The minimum Gasteiger partial charge on any atom is -0.491 e. The topological polar surface area (TPSA) is 58.6 Å². The number of imide groups is 1. The van der Waals surface area contributed by atoms with Gasteiger partial charge < -0.3 is 10.1 Å². The van der Waals surface area contributed by atoms with Crippen LogP contribution in [0.15, 0.2) is 54.2 Å². The van der Waals surface area contributed by atoms with Crippen LogP contribution in [-0.2, 0) is 11.3 Å². The Balaban J connectivity index is 1.73. The lowest BCUT2D eigenvalue weighted by atomic mass is 10.1. The first kappa shape index (κ1) is 17.7. The van der Waals surface area contributed by atoms with Gasteiger partial charge >= 0.3 is 6.03 Å². The van der Waals surface area contributed by atoms with Crippen molar-refractivity contribution in [2.24, 2.45) is 0 Å². The van der Waals surface area contributed by atoms with Crippen molar-refractivity contribution in [2.75, 3.05) is 0 Å². The van der Waals surface area contributed by atoms with Gasteiger partial charge in [-0.2, -0.15) is 0 Å². The minimum absolute atomic E-state index is 0.102. The number of hydrogen-bond acceptors (Lipinski definition) is 3. The van der Waals surface area contributed by atoms with E-state index in [1.54, 1.807) is 6.08 Å². The molecule has 3 amide bonds. The average Bonchev–Trinajstić information content (AvgIpc) is 2.85. The van der Waals surface area contributed by atoms with E-state index in [4.69, 9.17) is 4.74 Å². The molecule has 1 N–H and O–H groups in total. The van der Waals surface area contributed by atoms with Crippen molar-refractivity contribution in [3.8, 4) is 5.75 Å². The minimum atomic E-state index is -0.401. The molecule has 0 saturated carbocycles. The van der Waals surface area contributed by atoms with Crippen LogP contribution in [0.1, 0.15) is 30.5 Å². The van der Waals surface area contributed by atoms with Crippen molar-refractivity contribution >= 4 is 18.0 Å². The van der Waals surface area contributed by atoms with E-state index in [9.17, 15) is 9.59 Å². The highest BCUT2D eigenvalue weighted by Crippen LogP contribution is 2.19. The van der Waals surface area contributed by atoms with Gasteiger partial charge in [0.1, 0.15) is 11.4 Å². The van der Waals surface area contributed by atoms with E-state index in [1.807, 2.05) is 69.3 Å². The van der Waals surface area contributed by atoms with Gasteiger partial charge in [0, 0.05) is 0 Å². The maximum absolute atomic E-state index is 12.6. The molecule has 26 heavy (non-hydrogen) atoms. The van der Waals surface area contributed by atoms with Crippen LogP contribution in [0, 0.1) is 6.92 Å². The highest BCUT2D eigenvalue weighted by molar-refractivity contribution is 6.13. The number of rotatable bonds is 5. The maximum Gasteiger partial charge on any atom is 0.329 e. The first-order valence-electron chi connectivity index (χ1n) is 8.59. The Morgan fingerprint density at radius 3 is 2.31 bits per heavy atom. The Kier molecular flexibility index (Phi) is 5.07. The third kappa shape index (κ3) is 4.11. The lowest BCUT2D eigenvalue weighted by Gasteiger charge is -2.11. The fraction of sp³-hybridized carbons (Fsp3) is 0.238. The molecule has 2 aromatic rings. The van der Waals surface area contributed by atoms with E-state index >= 15 is 0 Å². The summed E-state index contributed by atoms with van der Waals surface area (Å²) in [4.78, 5) is 25.9. The summed E-state index contributed by atoms with van der Waals surface area (Å²) < 4.78 is 5.60. The molecule has 0 aromatic heterocycles. The maximum atomic E-state index is 12.6. The number of urea groups is 1. The van der Waals surface area contributed by atoms with Gasteiger partial charge in [0.2, 0.25) is 0 Å². The first-order chi connectivity index (χ1) is 12.4. The number of aryl methyl sites for hydroxylation is 1. The predicted molar refractivity (Wildman–Crippen MR) is 100 cm³/mol. The number of nitrogens with zero attached hydrogens (tertiary/aromatic N) is 1. The molecule has 1 aliphatic heterocycles. The van der Waals surface area contributed by atoms with E-state index in [0.717, 1.165) is 22.4 Å². The molecule has 0 spiro atoms. The summed E-state index contributed by atoms with van der Waals surface area (Å²) in [6.45, 7) is 6.18. The number of amides is 3. The number of carbonyl (C=O) groups excluding carboxylic acids is 2. The van der Waals surface area contributed by atoms with E-state index in [0.29, 0.717) is 0 Å². The zero-order chi connectivity index (χ0) is 18.7. The van der Waals surface area contributed by atoms with Gasteiger partial charge in [-0.1, -0.05) is 42.0 Å². The normalized spacial score (nSPS) is 15.7.